The van der Waals surface area contributed by atoms with Gasteiger partial charge in [-0.1, -0.05) is 0 Å². The largest absolute Gasteiger partial charge is 0.490 e. The van der Waals surface area contributed by atoms with E-state index in [0.717, 1.165) is 30.3 Å². The number of aromatic nitrogens is 1. The lowest BCUT2D eigenvalue weighted by molar-refractivity contribution is -0.282. The van der Waals surface area contributed by atoms with Gasteiger partial charge >= 0.3 is 12.1 Å². The lowest BCUT2D eigenvalue weighted by atomic mass is 9.83. The van der Waals surface area contributed by atoms with E-state index in [9.17, 15) is 46.5 Å². The minimum atomic E-state index is -5.03. The summed E-state index contributed by atoms with van der Waals surface area (Å²) < 4.78 is 97.1. The predicted molar refractivity (Wildman–Crippen MR) is 156 cm³/mol. The highest BCUT2D eigenvalue weighted by molar-refractivity contribution is 5.96. The number of aliphatic hydroxyl groups is 3. The lowest BCUT2D eigenvalue weighted by Crippen LogP contribution is -2.36. The van der Waals surface area contributed by atoms with Crippen molar-refractivity contribution in [1.82, 2.24) is 10.3 Å². The number of ether oxygens (including phenoxy) is 2. The standard InChI is InChI=1S/C31H30F6N4O6/c32-12-29(13-33)14-46-27-20(29)10-22(41-26(27)15-1-3-18(34)4-2-15)21(30(35,36)37)11-40-28(42)17-7-16(9-24(38)31(43,44)45)25(39)23(8-17)47-19-5-6-19/h1-4,7-10,19,21,43-45H,5-6,11-14,38-39H2,(H,40,42)/b24-9-. The summed E-state index contributed by atoms with van der Waals surface area (Å²) in [6, 6.07) is 7.71. The maximum Gasteiger partial charge on any atom is 0.398 e. The molecule has 0 spiro atoms. The first-order valence-electron chi connectivity index (χ1n) is 14.2. The summed E-state index contributed by atoms with van der Waals surface area (Å²) >= 11 is 0. The number of carbonyl (C=O) groups excluding carboxylic acids is 1. The molecule has 16 heteroatoms. The molecule has 5 rings (SSSR count). The van der Waals surface area contributed by atoms with Crippen LogP contribution in [0.15, 0.2) is 48.2 Å². The summed E-state index contributed by atoms with van der Waals surface area (Å²) in [5, 5.41) is 30.3. The van der Waals surface area contributed by atoms with Crippen LogP contribution in [0.3, 0.4) is 0 Å². The average Bonchev–Trinajstić information content (AvgIpc) is 3.75. The quantitative estimate of drug-likeness (QED) is 0.101. The van der Waals surface area contributed by atoms with E-state index in [-0.39, 0.29) is 51.2 Å². The number of halogens is 6. The minimum Gasteiger partial charge on any atom is -0.490 e. The van der Waals surface area contributed by atoms with Gasteiger partial charge in [-0.2, -0.15) is 13.2 Å². The number of nitrogens with two attached hydrogens (primary N) is 2. The van der Waals surface area contributed by atoms with E-state index in [1.807, 2.05) is 0 Å². The van der Waals surface area contributed by atoms with Gasteiger partial charge in [0.25, 0.3) is 5.91 Å². The van der Waals surface area contributed by atoms with E-state index in [2.05, 4.69) is 10.3 Å². The Morgan fingerprint density at radius 3 is 2.36 bits per heavy atom. The molecule has 3 aromatic rings. The van der Waals surface area contributed by atoms with Gasteiger partial charge in [-0.25, -0.2) is 18.2 Å². The van der Waals surface area contributed by atoms with E-state index >= 15 is 0 Å². The number of nitrogen functional groups attached to an aromatic ring is 1. The number of amides is 1. The van der Waals surface area contributed by atoms with E-state index in [0.29, 0.717) is 12.8 Å². The van der Waals surface area contributed by atoms with Gasteiger partial charge in [0.1, 0.15) is 48.9 Å². The van der Waals surface area contributed by atoms with Crippen LogP contribution in [-0.4, -0.2) is 71.0 Å². The number of carbonyl (C=O) groups is 1. The van der Waals surface area contributed by atoms with Gasteiger partial charge in [0.2, 0.25) is 0 Å². The topological polar surface area (TPSA) is 173 Å². The van der Waals surface area contributed by atoms with Gasteiger partial charge in [-0.15, -0.1) is 0 Å². The Labute approximate surface area is 263 Å². The van der Waals surface area contributed by atoms with Crippen LogP contribution >= 0.6 is 0 Å². The molecule has 1 aromatic heterocycles. The summed E-state index contributed by atoms with van der Waals surface area (Å²) in [7, 11) is 0. The summed E-state index contributed by atoms with van der Waals surface area (Å²) in [5.41, 5.74) is 7.42. The molecule has 1 fully saturated rings. The fraction of sp³-hybridized carbons (Fsp3) is 0.355. The highest BCUT2D eigenvalue weighted by Gasteiger charge is 2.47. The maximum atomic E-state index is 14.6. The molecule has 252 valence electrons. The lowest BCUT2D eigenvalue weighted by Gasteiger charge is -2.24. The maximum absolute atomic E-state index is 14.6. The van der Waals surface area contributed by atoms with Gasteiger partial charge in [0, 0.05) is 28.8 Å². The fourth-order valence-electron chi connectivity index (χ4n) is 4.93. The highest BCUT2D eigenvalue weighted by atomic mass is 19.4. The van der Waals surface area contributed by atoms with Crippen LogP contribution in [0.25, 0.3) is 17.3 Å². The SMILES string of the molecule is N/C(=C\c1cc(C(=O)NCC(c2cc3c(c(-c4ccc(F)cc4)n2)OCC3(CF)CF)C(F)(F)F)cc(OC2CC2)c1N)C(O)(O)O. The number of fused-ring (bicyclic) bond motifs is 1. The van der Waals surface area contributed by atoms with Crippen molar-refractivity contribution in [3.63, 3.8) is 0 Å². The Kier molecular flexibility index (Phi) is 9.05. The Bertz CT molecular complexity index is 1690. The number of anilines is 1. The van der Waals surface area contributed by atoms with E-state index in [1.165, 1.54) is 18.2 Å². The summed E-state index contributed by atoms with van der Waals surface area (Å²) in [4.78, 5) is 17.4. The molecule has 2 heterocycles. The van der Waals surface area contributed by atoms with Crippen molar-refractivity contribution in [3.05, 3.63) is 76.4 Å². The molecule has 47 heavy (non-hydrogen) atoms. The molecular formula is C31H30F6N4O6. The zero-order chi connectivity index (χ0) is 34.3. The number of rotatable bonds is 11. The number of nitrogens with one attached hydrogen (secondary N) is 1. The number of hydrogen-bond acceptors (Lipinski definition) is 9. The monoisotopic (exact) mass is 668 g/mol. The molecule has 2 aromatic carbocycles. The first-order chi connectivity index (χ1) is 22.1. The van der Waals surface area contributed by atoms with Gasteiger partial charge in [-0.3, -0.25) is 4.79 Å². The molecule has 1 atom stereocenters. The third-order valence-electron chi connectivity index (χ3n) is 7.86. The van der Waals surface area contributed by atoms with Crippen LogP contribution in [0.2, 0.25) is 0 Å². The van der Waals surface area contributed by atoms with E-state index < -0.39 is 73.1 Å². The molecule has 8 N–H and O–H groups in total. The molecule has 0 bridgehead atoms. The number of benzene rings is 2. The third kappa shape index (κ3) is 7.08. The summed E-state index contributed by atoms with van der Waals surface area (Å²) in [5.74, 6) is -7.78. The molecule has 1 amide bonds. The van der Waals surface area contributed by atoms with Crippen molar-refractivity contribution in [2.75, 3.05) is 32.2 Å². The molecule has 1 unspecified atom stereocenters. The first kappa shape index (κ1) is 33.8. The normalized spacial score (nSPS) is 16.7. The third-order valence-corrected chi connectivity index (χ3v) is 7.86. The first-order valence-corrected chi connectivity index (χ1v) is 14.2. The summed E-state index contributed by atoms with van der Waals surface area (Å²) in [6.45, 7) is -4.16. The number of pyridine rings is 1. The number of hydrogen-bond donors (Lipinski definition) is 6. The Balaban J connectivity index is 1.52. The average molecular weight is 669 g/mol. The molecule has 1 aliphatic heterocycles. The van der Waals surface area contributed by atoms with Crippen molar-refractivity contribution in [2.24, 2.45) is 5.73 Å². The Hall–Kier alpha value is -4.54. The van der Waals surface area contributed by atoms with Crippen LogP contribution in [-0.2, 0) is 5.41 Å². The van der Waals surface area contributed by atoms with E-state index in [1.54, 1.807) is 0 Å². The molecule has 10 nitrogen and oxygen atoms in total. The van der Waals surface area contributed by atoms with Crippen LogP contribution in [0.1, 0.15) is 45.9 Å². The molecule has 1 saturated carbocycles. The smallest absolute Gasteiger partial charge is 0.398 e. The second-order valence-corrected chi connectivity index (χ2v) is 11.4. The van der Waals surface area contributed by atoms with Crippen LogP contribution < -0.4 is 26.3 Å². The van der Waals surface area contributed by atoms with Gasteiger partial charge in [0.15, 0.2) is 0 Å². The number of alkyl halides is 5. The van der Waals surface area contributed by atoms with Crippen molar-refractivity contribution in [2.45, 2.75) is 42.4 Å². The van der Waals surface area contributed by atoms with Crippen molar-refractivity contribution in [3.8, 4) is 22.8 Å². The van der Waals surface area contributed by atoms with E-state index in [4.69, 9.17) is 20.9 Å². The minimum absolute atomic E-state index is 0.0380. The fourth-order valence-corrected chi connectivity index (χ4v) is 4.93. The van der Waals surface area contributed by atoms with Crippen molar-refractivity contribution in [1.29, 1.82) is 0 Å². The Morgan fingerprint density at radius 1 is 1.13 bits per heavy atom. The second-order valence-electron chi connectivity index (χ2n) is 11.4. The van der Waals surface area contributed by atoms with Crippen LogP contribution in [0.4, 0.5) is 32.0 Å². The van der Waals surface area contributed by atoms with Gasteiger partial charge < -0.3 is 41.6 Å². The van der Waals surface area contributed by atoms with Gasteiger partial charge in [-0.05, 0) is 61.4 Å². The van der Waals surface area contributed by atoms with Gasteiger partial charge in [0.05, 0.1) is 28.6 Å². The molecule has 1 aliphatic carbocycles. The molecule has 0 saturated heterocycles. The summed E-state index contributed by atoms with van der Waals surface area (Å²) in [6.07, 6.45) is -3.07. The zero-order valence-electron chi connectivity index (χ0n) is 24.5. The molecule has 2 aliphatic rings. The highest BCUT2D eigenvalue weighted by Crippen LogP contribution is 2.47. The zero-order valence-corrected chi connectivity index (χ0v) is 24.5. The molecule has 0 radical (unpaired) electrons. The van der Waals surface area contributed by atoms with Crippen LogP contribution in [0.5, 0.6) is 11.5 Å². The molecular weight excluding hydrogens is 638 g/mol. The van der Waals surface area contributed by atoms with Crippen molar-refractivity contribution >= 4 is 17.7 Å². The number of nitrogens with zero attached hydrogens (tertiary/aromatic N) is 1. The van der Waals surface area contributed by atoms with Crippen LogP contribution in [0, 0.1) is 5.82 Å². The second kappa shape index (κ2) is 12.6. The van der Waals surface area contributed by atoms with Crippen molar-refractivity contribution < 1.29 is 55.9 Å². The Morgan fingerprint density at radius 2 is 1.79 bits per heavy atom. The predicted octanol–water partition coefficient (Wildman–Crippen LogP) is 3.59.